The van der Waals surface area contributed by atoms with Crippen LogP contribution in [0.4, 0.5) is 0 Å². The molecule has 0 saturated carbocycles. The van der Waals surface area contributed by atoms with Crippen LogP contribution in [-0.4, -0.2) is 30.6 Å². The first-order valence-electron chi connectivity index (χ1n) is 4.68. The smallest absolute Gasteiger partial charge is 0.00676 e. The highest BCUT2D eigenvalue weighted by Gasteiger charge is 2.25. The Morgan fingerprint density at radius 2 is 2.18 bits per heavy atom. The van der Waals surface area contributed by atoms with Gasteiger partial charge in [0.15, 0.2) is 0 Å². The molecular formula is C9H20N2. The van der Waals surface area contributed by atoms with Crippen molar-refractivity contribution in [1.29, 1.82) is 0 Å². The van der Waals surface area contributed by atoms with E-state index in [-0.39, 0.29) is 0 Å². The van der Waals surface area contributed by atoms with Crippen molar-refractivity contribution < 1.29 is 0 Å². The Labute approximate surface area is 69.8 Å². The topological polar surface area (TPSA) is 29.3 Å². The third kappa shape index (κ3) is 2.46. The Bertz CT molecular complexity index is 108. The molecule has 0 spiro atoms. The SMILES string of the molecule is CC1CN(C(C)CCCN)C1. The first-order chi connectivity index (χ1) is 5.24. The molecule has 1 heterocycles. The molecule has 0 aromatic carbocycles. The lowest BCUT2D eigenvalue weighted by Crippen LogP contribution is -2.49. The van der Waals surface area contributed by atoms with Gasteiger partial charge in [-0.05, 0) is 32.2 Å². The highest BCUT2D eigenvalue weighted by atomic mass is 15.2. The molecule has 1 rings (SSSR count). The fraction of sp³-hybridized carbons (Fsp3) is 1.00. The van der Waals surface area contributed by atoms with E-state index in [0.29, 0.717) is 0 Å². The zero-order chi connectivity index (χ0) is 8.27. The predicted molar refractivity (Wildman–Crippen MR) is 48.5 cm³/mol. The van der Waals surface area contributed by atoms with Gasteiger partial charge in [-0.1, -0.05) is 6.92 Å². The van der Waals surface area contributed by atoms with Crippen LogP contribution >= 0.6 is 0 Å². The average Bonchev–Trinajstić information content (AvgIpc) is 1.94. The third-order valence-corrected chi connectivity index (χ3v) is 2.54. The number of rotatable bonds is 4. The number of likely N-dealkylation sites (tertiary alicyclic amines) is 1. The van der Waals surface area contributed by atoms with Crippen LogP contribution in [0.5, 0.6) is 0 Å². The molecular weight excluding hydrogens is 136 g/mol. The second-order valence-electron chi connectivity index (χ2n) is 3.84. The van der Waals surface area contributed by atoms with Crippen molar-refractivity contribution in [2.24, 2.45) is 11.7 Å². The van der Waals surface area contributed by atoms with E-state index in [1.165, 1.54) is 25.9 Å². The molecule has 0 radical (unpaired) electrons. The number of hydrogen-bond donors (Lipinski definition) is 1. The summed E-state index contributed by atoms with van der Waals surface area (Å²) in [5, 5.41) is 0. The molecule has 11 heavy (non-hydrogen) atoms. The average molecular weight is 156 g/mol. The fourth-order valence-corrected chi connectivity index (χ4v) is 1.70. The maximum Gasteiger partial charge on any atom is 0.00676 e. The lowest BCUT2D eigenvalue weighted by atomic mass is 9.98. The van der Waals surface area contributed by atoms with Crippen LogP contribution < -0.4 is 5.73 Å². The van der Waals surface area contributed by atoms with Crippen molar-refractivity contribution in [3.8, 4) is 0 Å². The zero-order valence-electron chi connectivity index (χ0n) is 7.71. The molecule has 0 aromatic heterocycles. The molecule has 1 aliphatic rings. The maximum atomic E-state index is 5.45. The molecule has 0 aromatic rings. The van der Waals surface area contributed by atoms with E-state index in [2.05, 4.69) is 18.7 Å². The Balaban J connectivity index is 2.06. The Morgan fingerprint density at radius 3 is 2.64 bits per heavy atom. The first kappa shape index (κ1) is 9.01. The molecule has 1 fully saturated rings. The Morgan fingerprint density at radius 1 is 1.55 bits per heavy atom. The Hall–Kier alpha value is -0.0800. The van der Waals surface area contributed by atoms with Crippen molar-refractivity contribution >= 4 is 0 Å². The van der Waals surface area contributed by atoms with Gasteiger partial charge in [-0.15, -0.1) is 0 Å². The van der Waals surface area contributed by atoms with E-state index >= 15 is 0 Å². The summed E-state index contributed by atoms with van der Waals surface area (Å²) in [6.07, 6.45) is 2.44. The van der Waals surface area contributed by atoms with Crippen LogP contribution in [0, 0.1) is 5.92 Å². The van der Waals surface area contributed by atoms with Gasteiger partial charge < -0.3 is 10.6 Å². The minimum Gasteiger partial charge on any atom is -0.330 e. The highest BCUT2D eigenvalue weighted by molar-refractivity contribution is 4.80. The molecule has 0 amide bonds. The van der Waals surface area contributed by atoms with E-state index in [9.17, 15) is 0 Å². The molecule has 2 nitrogen and oxygen atoms in total. The summed E-state index contributed by atoms with van der Waals surface area (Å²) in [4.78, 5) is 2.54. The van der Waals surface area contributed by atoms with Gasteiger partial charge in [-0.3, -0.25) is 0 Å². The van der Waals surface area contributed by atoms with Crippen LogP contribution in [0.2, 0.25) is 0 Å². The van der Waals surface area contributed by atoms with Crippen molar-refractivity contribution in [3.05, 3.63) is 0 Å². The highest BCUT2D eigenvalue weighted by Crippen LogP contribution is 2.19. The number of nitrogens with zero attached hydrogens (tertiary/aromatic N) is 1. The van der Waals surface area contributed by atoms with Gasteiger partial charge in [0.25, 0.3) is 0 Å². The summed E-state index contributed by atoms with van der Waals surface area (Å²) in [7, 11) is 0. The van der Waals surface area contributed by atoms with Crippen molar-refractivity contribution in [2.75, 3.05) is 19.6 Å². The van der Waals surface area contributed by atoms with E-state index < -0.39 is 0 Å². The van der Waals surface area contributed by atoms with Crippen LogP contribution in [0.15, 0.2) is 0 Å². The van der Waals surface area contributed by atoms with Gasteiger partial charge >= 0.3 is 0 Å². The largest absolute Gasteiger partial charge is 0.330 e. The van der Waals surface area contributed by atoms with Crippen LogP contribution in [0.3, 0.4) is 0 Å². The van der Waals surface area contributed by atoms with E-state index in [1.807, 2.05) is 0 Å². The maximum absolute atomic E-state index is 5.45. The second kappa shape index (κ2) is 4.07. The molecule has 0 bridgehead atoms. The molecule has 66 valence electrons. The van der Waals surface area contributed by atoms with Crippen molar-refractivity contribution in [2.45, 2.75) is 32.7 Å². The fourth-order valence-electron chi connectivity index (χ4n) is 1.70. The summed E-state index contributed by atoms with van der Waals surface area (Å²) in [6.45, 7) is 8.05. The predicted octanol–water partition coefficient (Wildman–Crippen LogP) is 1.07. The number of nitrogens with two attached hydrogens (primary N) is 1. The van der Waals surface area contributed by atoms with Gasteiger partial charge in [0, 0.05) is 19.1 Å². The van der Waals surface area contributed by atoms with Crippen molar-refractivity contribution in [3.63, 3.8) is 0 Å². The van der Waals surface area contributed by atoms with Crippen LogP contribution in [-0.2, 0) is 0 Å². The normalized spacial score (nSPS) is 23.2. The van der Waals surface area contributed by atoms with Crippen LogP contribution in [0.1, 0.15) is 26.7 Å². The molecule has 1 atom stereocenters. The summed E-state index contributed by atoms with van der Waals surface area (Å²) in [5.74, 6) is 0.926. The molecule has 1 unspecified atom stereocenters. The van der Waals surface area contributed by atoms with Crippen LogP contribution in [0.25, 0.3) is 0 Å². The monoisotopic (exact) mass is 156 g/mol. The lowest BCUT2D eigenvalue weighted by Gasteiger charge is -2.41. The van der Waals surface area contributed by atoms with E-state index in [4.69, 9.17) is 5.73 Å². The minimum atomic E-state index is 0.759. The quantitative estimate of drug-likeness (QED) is 0.659. The standard InChI is InChI=1S/C9H20N2/c1-8-6-11(7-8)9(2)4-3-5-10/h8-9H,3-7,10H2,1-2H3. The third-order valence-electron chi connectivity index (χ3n) is 2.54. The molecule has 2 N–H and O–H groups in total. The summed E-state index contributed by atoms with van der Waals surface area (Å²) in [5.41, 5.74) is 5.45. The second-order valence-corrected chi connectivity index (χ2v) is 3.84. The molecule has 2 heteroatoms. The first-order valence-corrected chi connectivity index (χ1v) is 4.68. The van der Waals surface area contributed by atoms with Gasteiger partial charge in [-0.25, -0.2) is 0 Å². The lowest BCUT2D eigenvalue weighted by molar-refractivity contribution is 0.0658. The van der Waals surface area contributed by atoms with Crippen molar-refractivity contribution in [1.82, 2.24) is 4.90 Å². The summed E-state index contributed by atoms with van der Waals surface area (Å²) in [6, 6.07) is 0.759. The molecule has 1 saturated heterocycles. The van der Waals surface area contributed by atoms with Gasteiger partial charge in [0.1, 0.15) is 0 Å². The molecule has 0 aliphatic carbocycles. The molecule has 1 aliphatic heterocycles. The van der Waals surface area contributed by atoms with Gasteiger partial charge in [-0.2, -0.15) is 0 Å². The Kier molecular flexibility index (Phi) is 3.34. The number of hydrogen-bond acceptors (Lipinski definition) is 2. The summed E-state index contributed by atoms with van der Waals surface area (Å²) < 4.78 is 0. The minimum absolute atomic E-state index is 0.759. The van der Waals surface area contributed by atoms with Gasteiger partial charge in [0.2, 0.25) is 0 Å². The zero-order valence-corrected chi connectivity index (χ0v) is 7.71. The van der Waals surface area contributed by atoms with E-state index in [0.717, 1.165) is 18.5 Å². The summed E-state index contributed by atoms with van der Waals surface area (Å²) >= 11 is 0. The van der Waals surface area contributed by atoms with E-state index in [1.54, 1.807) is 0 Å². The van der Waals surface area contributed by atoms with Gasteiger partial charge in [0.05, 0.1) is 0 Å².